The van der Waals surface area contributed by atoms with E-state index in [9.17, 15) is 9.59 Å². The third-order valence-electron chi connectivity index (χ3n) is 4.11. The number of unbranched alkanes of at least 4 members (excludes halogenated alkanes) is 3. The van der Waals surface area contributed by atoms with Gasteiger partial charge in [-0.3, -0.25) is 4.79 Å². The van der Waals surface area contributed by atoms with Gasteiger partial charge in [0.1, 0.15) is 11.6 Å². The van der Waals surface area contributed by atoms with E-state index in [1.165, 1.54) is 0 Å². The largest absolute Gasteiger partial charge is 0.444 e. The summed E-state index contributed by atoms with van der Waals surface area (Å²) in [5.41, 5.74) is -0.586. The summed E-state index contributed by atoms with van der Waals surface area (Å²) in [4.78, 5) is 24.5. The highest BCUT2D eigenvalue weighted by Crippen LogP contribution is 2.18. The molecule has 140 valence electrons. The van der Waals surface area contributed by atoms with Crippen LogP contribution >= 0.6 is 0 Å². The molecule has 0 aromatic carbocycles. The first kappa shape index (κ1) is 20.7. The van der Waals surface area contributed by atoms with E-state index in [-0.39, 0.29) is 18.6 Å². The van der Waals surface area contributed by atoms with Gasteiger partial charge in [0.05, 0.1) is 0 Å². The minimum absolute atomic E-state index is 0.116. The molecule has 0 spiro atoms. The number of aliphatic hydroxyl groups is 1. The first-order valence-corrected chi connectivity index (χ1v) is 9.22. The normalized spacial score (nSPS) is 16.7. The Morgan fingerprint density at radius 1 is 1.12 bits per heavy atom. The van der Waals surface area contributed by atoms with E-state index in [1.807, 2.05) is 0 Å². The van der Waals surface area contributed by atoms with Crippen molar-refractivity contribution in [2.75, 3.05) is 6.61 Å². The first-order chi connectivity index (χ1) is 11.3. The minimum Gasteiger partial charge on any atom is -0.444 e. The quantitative estimate of drug-likeness (QED) is 0.562. The zero-order chi connectivity index (χ0) is 18.0. The van der Waals surface area contributed by atoms with Crippen LogP contribution in [0, 0.1) is 0 Å². The topological polar surface area (TPSA) is 87.7 Å². The predicted molar refractivity (Wildman–Crippen MR) is 93.7 cm³/mol. The second-order valence-corrected chi connectivity index (χ2v) is 7.62. The molecular formula is C18H34N2O4. The molecule has 1 aliphatic rings. The second kappa shape index (κ2) is 10.5. The van der Waals surface area contributed by atoms with Gasteiger partial charge >= 0.3 is 6.09 Å². The van der Waals surface area contributed by atoms with Crippen LogP contribution in [0.2, 0.25) is 0 Å². The Hall–Kier alpha value is -1.30. The molecular weight excluding hydrogens is 308 g/mol. The van der Waals surface area contributed by atoms with Gasteiger partial charge in [-0.1, -0.05) is 32.1 Å². The van der Waals surface area contributed by atoms with Crippen LogP contribution in [0.1, 0.15) is 78.6 Å². The van der Waals surface area contributed by atoms with Gasteiger partial charge in [-0.2, -0.15) is 0 Å². The lowest BCUT2D eigenvalue weighted by Gasteiger charge is -2.24. The average molecular weight is 342 g/mol. The number of hydrogen-bond donors (Lipinski definition) is 3. The molecule has 1 fully saturated rings. The molecule has 0 saturated heterocycles. The van der Waals surface area contributed by atoms with Gasteiger partial charge in [-0.25, -0.2) is 4.79 Å². The Kier molecular flexibility index (Phi) is 9.11. The maximum Gasteiger partial charge on any atom is 0.408 e. The Morgan fingerprint density at radius 3 is 2.33 bits per heavy atom. The highest BCUT2D eigenvalue weighted by Gasteiger charge is 2.26. The molecule has 6 nitrogen and oxygen atoms in total. The monoisotopic (exact) mass is 342 g/mol. The molecule has 1 saturated carbocycles. The summed E-state index contributed by atoms with van der Waals surface area (Å²) in [6, 6.07) is -0.329. The van der Waals surface area contributed by atoms with Crippen molar-refractivity contribution in [2.24, 2.45) is 0 Å². The summed E-state index contributed by atoms with van der Waals surface area (Å²) in [5, 5.41) is 14.6. The maximum atomic E-state index is 12.5. The van der Waals surface area contributed by atoms with Crippen molar-refractivity contribution in [3.05, 3.63) is 0 Å². The molecule has 0 heterocycles. The number of carbonyl (C=O) groups excluding carboxylic acids is 2. The molecule has 1 aliphatic carbocycles. The van der Waals surface area contributed by atoms with Gasteiger partial charge in [0, 0.05) is 12.6 Å². The summed E-state index contributed by atoms with van der Waals surface area (Å²) in [5.74, 6) is -0.116. The van der Waals surface area contributed by atoms with Gasteiger partial charge < -0.3 is 20.5 Å². The Balaban J connectivity index is 2.50. The number of alkyl carbamates (subject to hydrolysis) is 1. The molecule has 0 unspecified atom stereocenters. The van der Waals surface area contributed by atoms with Crippen LogP contribution in [0.15, 0.2) is 0 Å². The van der Waals surface area contributed by atoms with Gasteiger partial charge in [0.25, 0.3) is 0 Å². The molecule has 1 rings (SSSR count). The van der Waals surface area contributed by atoms with Gasteiger partial charge in [0.15, 0.2) is 0 Å². The van der Waals surface area contributed by atoms with Crippen molar-refractivity contribution in [3.63, 3.8) is 0 Å². The molecule has 1 atom stereocenters. The summed E-state index contributed by atoms with van der Waals surface area (Å²) in [7, 11) is 0. The van der Waals surface area contributed by atoms with Crippen LogP contribution < -0.4 is 10.6 Å². The molecule has 0 bridgehead atoms. The number of carbonyl (C=O) groups is 2. The van der Waals surface area contributed by atoms with Gasteiger partial charge in [-0.05, 0) is 46.5 Å². The fourth-order valence-corrected chi connectivity index (χ4v) is 2.90. The van der Waals surface area contributed by atoms with E-state index in [4.69, 9.17) is 9.84 Å². The number of aliphatic hydroxyl groups excluding tert-OH is 1. The minimum atomic E-state index is -0.586. The zero-order valence-corrected chi connectivity index (χ0v) is 15.4. The number of nitrogens with one attached hydrogen (secondary N) is 2. The summed E-state index contributed by atoms with van der Waals surface area (Å²) in [6.45, 7) is 5.60. The van der Waals surface area contributed by atoms with Crippen molar-refractivity contribution >= 4 is 12.0 Å². The van der Waals surface area contributed by atoms with Crippen LogP contribution in [-0.4, -0.2) is 41.4 Å². The lowest BCUT2D eigenvalue weighted by atomic mass is 10.1. The van der Waals surface area contributed by atoms with Gasteiger partial charge in [-0.15, -0.1) is 0 Å². The number of amides is 2. The summed E-state index contributed by atoms with van der Waals surface area (Å²) < 4.78 is 5.27. The van der Waals surface area contributed by atoms with Crippen molar-refractivity contribution < 1.29 is 19.4 Å². The van der Waals surface area contributed by atoms with Gasteiger partial charge in [0.2, 0.25) is 5.91 Å². The smallest absolute Gasteiger partial charge is 0.408 e. The fraction of sp³-hybridized carbons (Fsp3) is 0.889. The van der Waals surface area contributed by atoms with Crippen LogP contribution in [-0.2, 0) is 9.53 Å². The van der Waals surface area contributed by atoms with E-state index in [1.54, 1.807) is 20.8 Å². The van der Waals surface area contributed by atoms with E-state index in [0.717, 1.165) is 51.4 Å². The van der Waals surface area contributed by atoms with Crippen molar-refractivity contribution in [2.45, 2.75) is 96.2 Å². The SMILES string of the molecule is CC(C)(C)OC(=O)N[C@@H](CCCCCCO)C(=O)NC1CCCC1. The Morgan fingerprint density at radius 2 is 1.75 bits per heavy atom. The molecule has 24 heavy (non-hydrogen) atoms. The molecule has 6 heteroatoms. The number of hydrogen-bond acceptors (Lipinski definition) is 4. The van der Waals surface area contributed by atoms with Crippen LogP contribution in [0.5, 0.6) is 0 Å². The van der Waals surface area contributed by atoms with E-state index in [0.29, 0.717) is 6.42 Å². The number of ether oxygens (including phenoxy) is 1. The van der Waals surface area contributed by atoms with Crippen molar-refractivity contribution in [1.29, 1.82) is 0 Å². The Labute approximate surface area is 145 Å². The molecule has 0 aromatic rings. The van der Waals surface area contributed by atoms with E-state index < -0.39 is 17.7 Å². The van der Waals surface area contributed by atoms with Crippen LogP contribution in [0.25, 0.3) is 0 Å². The Bertz CT molecular complexity index is 387. The van der Waals surface area contributed by atoms with Crippen molar-refractivity contribution in [1.82, 2.24) is 10.6 Å². The first-order valence-electron chi connectivity index (χ1n) is 9.22. The number of rotatable bonds is 9. The summed E-state index contributed by atoms with van der Waals surface area (Å²) >= 11 is 0. The van der Waals surface area contributed by atoms with Crippen molar-refractivity contribution in [3.8, 4) is 0 Å². The second-order valence-electron chi connectivity index (χ2n) is 7.62. The third kappa shape index (κ3) is 9.11. The lowest BCUT2D eigenvalue weighted by Crippen LogP contribution is -2.50. The lowest BCUT2D eigenvalue weighted by molar-refractivity contribution is -0.124. The standard InChI is InChI=1S/C18H34N2O4/c1-18(2,3)24-17(23)20-15(12-6-4-5-9-13-21)16(22)19-14-10-7-8-11-14/h14-15,21H,4-13H2,1-3H3,(H,19,22)(H,20,23)/t15-/m0/s1. The molecule has 0 radical (unpaired) electrons. The summed E-state index contributed by atoms with van der Waals surface area (Å²) in [6.07, 6.45) is 7.84. The molecule has 0 aliphatic heterocycles. The van der Waals surface area contributed by atoms with E-state index >= 15 is 0 Å². The van der Waals surface area contributed by atoms with E-state index in [2.05, 4.69) is 10.6 Å². The highest BCUT2D eigenvalue weighted by atomic mass is 16.6. The highest BCUT2D eigenvalue weighted by molar-refractivity contribution is 5.85. The molecule has 3 N–H and O–H groups in total. The third-order valence-corrected chi connectivity index (χ3v) is 4.11. The average Bonchev–Trinajstić information content (AvgIpc) is 2.96. The zero-order valence-electron chi connectivity index (χ0n) is 15.4. The van der Waals surface area contributed by atoms with Crippen LogP contribution in [0.3, 0.4) is 0 Å². The molecule has 2 amide bonds. The molecule has 0 aromatic heterocycles. The predicted octanol–water partition coefficient (Wildman–Crippen LogP) is 2.88. The maximum absolute atomic E-state index is 12.5. The van der Waals surface area contributed by atoms with Crippen LogP contribution in [0.4, 0.5) is 4.79 Å². The fourth-order valence-electron chi connectivity index (χ4n) is 2.90.